The first-order valence-electron chi connectivity index (χ1n) is 6.73. The lowest BCUT2D eigenvalue weighted by atomic mass is 10.2. The Morgan fingerprint density at radius 3 is 2.55 bits per heavy atom. The lowest BCUT2D eigenvalue weighted by Gasteiger charge is -2.12. The Balaban J connectivity index is 1.87. The van der Waals surface area contributed by atoms with Crippen molar-refractivity contribution in [3.8, 4) is 0 Å². The normalized spacial score (nSPS) is 12.3. The van der Waals surface area contributed by atoms with Gasteiger partial charge in [0.05, 0.1) is 10.1 Å². The number of carbonyl (C=O) groups is 1. The molecule has 3 rings (SSSR count). The summed E-state index contributed by atoms with van der Waals surface area (Å²) in [5.74, 6) is -0.240. The van der Waals surface area contributed by atoms with Gasteiger partial charge in [0.2, 0.25) is 5.91 Å². The van der Waals surface area contributed by atoms with E-state index in [2.05, 4.69) is 5.32 Å². The summed E-state index contributed by atoms with van der Waals surface area (Å²) in [6.45, 7) is 1.71. The molecule has 4 nitrogen and oxygen atoms in total. The van der Waals surface area contributed by atoms with E-state index in [1.54, 1.807) is 37.3 Å². The fourth-order valence-electron chi connectivity index (χ4n) is 2.13. The zero-order valence-electron chi connectivity index (χ0n) is 11.7. The van der Waals surface area contributed by atoms with E-state index in [0.717, 1.165) is 4.70 Å². The van der Waals surface area contributed by atoms with Crippen LogP contribution in [-0.2, 0) is 4.79 Å². The molecule has 1 N–H and O–H groups in total. The molecule has 0 saturated carbocycles. The Bertz CT molecular complexity index is 883. The summed E-state index contributed by atoms with van der Waals surface area (Å²) in [5.41, 5.74) is 0.509. The molecule has 112 valence electrons. The molecule has 0 aliphatic carbocycles. The van der Waals surface area contributed by atoms with E-state index in [1.807, 2.05) is 18.2 Å². The molecular formula is C16H13ClN2O2S. The van der Waals surface area contributed by atoms with Gasteiger partial charge in [0, 0.05) is 10.7 Å². The molecule has 0 saturated heterocycles. The quantitative estimate of drug-likeness (QED) is 0.790. The molecule has 1 unspecified atom stereocenters. The first-order chi connectivity index (χ1) is 10.6. The first kappa shape index (κ1) is 14.8. The molecule has 0 spiro atoms. The van der Waals surface area contributed by atoms with Crippen LogP contribution in [0.3, 0.4) is 0 Å². The van der Waals surface area contributed by atoms with E-state index in [-0.39, 0.29) is 11.5 Å². The monoisotopic (exact) mass is 332 g/mol. The number of nitrogens with one attached hydrogen (secondary N) is 1. The van der Waals surface area contributed by atoms with Gasteiger partial charge in [0.25, 0.3) is 5.56 Å². The molecule has 6 heteroatoms. The molecule has 1 heterocycles. The topological polar surface area (TPSA) is 51.1 Å². The average molecular weight is 333 g/mol. The van der Waals surface area contributed by atoms with Gasteiger partial charge in [-0.1, -0.05) is 35.3 Å². The Kier molecular flexibility index (Phi) is 4.00. The Hall–Kier alpha value is -2.11. The number of halogens is 1. The summed E-state index contributed by atoms with van der Waals surface area (Å²) in [4.78, 5) is 24.7. The van der Waals surface area contributed by atoms with E-state index in [0.29, 0.717) is 16.1 Å². The molecular weight excluding hydrogens is 320 g/mol. The third-order valence-corrected chi connectivity index (χ3v) is 4.84. The molecule has 3 aromatic rings. The predicted octanol–water partition coefficient (Wildman–Crippen LogP) is 3.92. The Morgan fingerprint density at radius 1 is 1.18 bits per heavy atom. The molecule has 1 amide bonds. The summed E-state index contributed by atoms with van der Waals surface area (Å²) >= 11 is 7.11. The number of nitrogens with zero attached hydrogens (tertiary/aromatic N) is 1. The summed E-state index contributed by atoms with van der Waals surface area (Å²) < 4.78 is 2.37. The van der Waals surface area contributed by atoms with E-state index >= 15 is 0 Å². The predicted molar refractivity (Wildman–Crippen MR) is 90.9 cm³/mol. The summed E-state index contributed by atoms with van der Waals surface area (Å²) in [6.07, 6.45) is 0. The van der Waals surface area contributed by atoms with Crippen molar-refractivity contribution in [1.29, 1.82) is 0 Å². The number of carbonyl (C=O) groups excluding carboxylic acids is 1. The van der Waals surface area contributed by atoms with Crippen molar-refractivity contribution in [2.24, 2.45) is 0 Å². The fraction of sp³-hybridized carbons (Fsp3) is 0.125. The first-order valence-corrected chi connectivity index (χ1v) is 7.88. The molecule has 0 aliphatic rings. The number of benzene rings is 2. The van der Waals surface area contributed by atoms with E-state index < -0.39 is 6.04 Å². The maximum Gasteiger partial charge on any atom is 0.269 e. The number of anilines is 1. The zero-order chi connectivity index (χ0) is 15.7. The highest BCUT2D eigenvalue weighted by Crippen LogP contribution is 2.21. The largest absolute Gasteiger partial charge is 0.324 e. The maximum atomic E-state index is 12.3. The summed E-state index contributed by atoms with van der Waals surface area (Å²) in [7, 11) is 0. The Morgan fingerprint density at radius 2 is 1.86 bits per heavy atom. The van der Waals surface area contributed by atoms with Crippen molar-refractivity contribution in [1.82, 2.24) is 3.96 Å². The van der Waals surface area contributed by atoms with Gasteiger partial charge in [-0.3, -0.25) is 13.5 Å². The second-order valence-corrected chi connectivity index (χ2v) is 6.34. The highest BCUT2D eigenvalue weighted by molar-refractivity contribution is 7.14. The van der Waals surface area contributed by atoms with Crippen LogP contribution < -0.4 is 10.9 Å². The van der Waals surface area contributed by atoms with Crippen LogP contribution in [0.25, 0.3) is 10.1 Å². The van der Waals surface area contributed by atoms with Gasteiger partial charge >= 0.3 is 0 Å². The Labute approximate surface area is 136 Å². The van der Waals surface area contributed by atoms with Crippen molar-refractivity contribution in [2.45, 2.75) is 13.0 Å². The van der Waals surface area contributed by atoms with Gasteiger partial charge in [-0.15, -0.1) is 0 Å². The lowest BCUT2D eigenvalue weighted by Crippen LogP contribution is -2.28. The number of fused-ring (bicyclic) bond motifs is 1. The van der Waals surface area contributed by atoms with Crippen molar-refractivity contribution in [3.05, 3.63) is 63.9 Å². The molecule has 2 aromatic carbocycles. The number of amides is 1. The number of rotatable bonds is 3. The smallest absolute Gasteiger partial charge is 0.269 e. The van der Waals surface area contributed by atoms with Crippen LogP contribution in [0.15, 0.2) is 53.3 Å². The number of hydrogen-bond donors (Lipinski definition) is 1. The van der Waals surface area contributed by atoms with E-state index in [1.165, 1.54) is 15.5 Å². The highest BCUT2D eigenvalue weighted by Gasteiger charge is 2.19. The molecule has 1 atom stereocenters. The van der Waals surface area contributed by atoms with Gasteiger partial charge in [-0.05, 0) is 43.3 Å². The van der Waals surface area contributed by atoms with Gasteiger partial charge in [0.15, 0.2) is 0 Å². The zero-order valence-corrected chi connectivity index (χ0v) is 13.3. The van der Waals surface area contributed by atoms with Crippen molar-refractivity contribution >= 4 is 44.8 Å². The van der Waals surface area contributed by atoms with Gasteiger partial charge in [0.1, 0.15) is 6.04 Å². The SMILES string of the molecule is CC(C(=O)Nc1ccc(Cl)cc1)n1sc2ccccc2c1=O. The molecule has 0 fully saturated rings. The summed E-state index contributed by atoms with van der Waals surface area (Å²) in [6, 6.07) is 13.6. The van der Waals surface area contributed by atoms with Gasteiger partial charge in [-0.25, -0.2) is 0 Å². The van der Waals surface area contributed by atoms with Crippen molar-refractivity contribution in [2.75, 3.05) is 5.32 Å². The highest BCUT2D eigenvalue weighted by atomic mass is 35.5. The van der Waals surface area contributed by atoms with Gasteiger partial charge in [-0.2, -0.15) is 0 Å². The number of hydrogen-bond acceptors (Lipinski definition) is 3. The third-order valence-electron chi connectivity index (χ3n) is 3.36. The molecule has 22 heavy (non-hydrogen) atoms. The minimum absolute atomic E-state index is 0.139. The fourth-order valence-corrected chi connectivity index (χ4v) is 3.30. The standard InChI is InChI=1S/C16H13ClN2O2S/c1-10(15(20)18-12-8-6-11(17)7-9-12)19-16(21)13-4-2-3-5-14(13)22-19/h2-10H,1H3,(H,18,20). The third kappa shape index (κ3) is 2.77. The van der Waals surface area contributed by atoms with Crippen molar-refractivity contribution < 1.29 is 4.79 Å². The molecule has 0 bridgehead atoms. The maximum absolute atomic E-state index is 12.3. The number of aromatic nitrogens is 1. The summed E-state index contributed by atoms with van der Waals surface area (Å²) in [5, 5.41) is 4.03. The minimum atomic E-state index is -0.583. The van der Waals surface area contributed by atoms with Crippen LogP contribution in [0, 0.1) is 0 Å². The lowest BCUT2D eigenvalue weighted by molar-refractivity contribution is -0.118. The molecule has 0 radical (unpaired) electrons. The second kappa shape index (κ2) is 5.94. The average Bonchev–Trinajstić information content (AvgIpc) is 2.86. The van der Waals surface area contributed by atoms with Crippen LogP contribution in [0.2, 0.25) is 5.02 Å². The van der Waals surface area contributed by atoms with Gasteiger partial charge < -0.3 is 5.32 Å². The van der Waals surface area contributed by atoms with E-state index in [4.69, 9.17) is 11.6 Å². The van der Waals surface area contributed by atoms with Crippen LogP contribution in [0.5, 0.6) is 0 Å². The van der Waals surface area contributed by atoms with Crippen LogP contribution >= 0.6 is 23.1 Å². The van der Waals surface area contributed by atoms with Crippen LogP contribution in [-0.4, -0.2) is 9.86 Å². The van der Waals surface area contributed by atoms with E-state index in [9.17, 15) is 9.59 Å². The molecule has 0 aliphatic heterocycles. The minimum Gasteiger partial charge on any atom is -0.324 e. The molecule has 1 aromatic heterocycles. The van der Waals surface area contributed by atoms with Crippen molar-refractivity contribution in [3.63, 3.8) is 0 Å². The van der Waals surface area contributed by atoms with Crippen LogP contribution in [0.1, 0.15) is 13.0 Å². The van der Waals surface area contributed by atoms with Crippen LogP contribution in [0.4, 0.5) is 5.69 Å². The second-order valence-electron chi connectivity index (χ2n) is 4.89.